The molecule has 0 spiro atoms. The molecule has 0 saturated carbocycles. The number of benzene rings is 1. The minimum Gasteiger partial charge on any atom is -0.314 e. The second kappa shape index (κ2) is 4.99. The van der Waals surface area contributed by atoms with Gasteiger partial charge in [0.25, 0.3) is 5.91 Å². The first-order chi connectivity index (χ1) is 10.5. The van der Waals surface area contributed by atoms with E-state index >= 15 is 0 Å². The molecule has 0 bridgehead atoms. The van der Waals surface area contributed by atoms with E-state index in [0.717, 1.165) is 28.1 Å². The normalized spacial score (nSPS) is 16.8. The molecule has 1 aliphatic heterocycles. The molecule has 1 aliphatic rings. The quantitative estimate of drug-likeness (QED) is 0.855. The van der Waals surface area contributed by atoms with Crippen LogP contribution in [0.4, 0.5) is 0 Å². The number of rotatable bonds is 2. The second-order valence-electron chi connectivity index (χ2n) is 5.78. The molecule has 2 aromatic rings. The van der Waals surface area contributed by atoms with E-state index in [1.165, 1.54) is 0 Å². The zero-order valence-electron chi connectivity index (χ0n) is 13.2. The maximum atomic E-state index is 12.8. The number of fused-ring (bicyclic) bond motifs is 1. The van der Waals surface area contributed by atoms with Gasteiger partial charge in [-0.3, -0.25) is 9.48 Å². The molecule has 0 saturated heterocycles. The van der Waals surface area contributed by atoms with Crippen LogP contribution < -0.4 is 0 Å². The van der Waals surface area contributed by atoms with Crippen molar-refractivity contribution in [3.8, 4) is 6.07 Å². The van der Waals surface area contributed by atoms with Gasteiger partial charge in [0.15, 0.2) is 0 Å². The molecule has 1 amide bonds. The van der Waals surface area contributed by atoms with Crippen LogP contribution in [-0.2, 0) is 13.6 Å². The zero-order chi connectivity index (χ0) is 16.0. The van der Waals surface area contributed by atoms with Gasteiger partial charge in [-0.2, -0.15) is 10.4 Å². The minimum absolute atomic E-state index is 0.0673. The van der Waals surface area contributed by atoms with Gasteiger partial charge in [-0.25, -0.2) is 0 Å². The number of aryl methyl sites for hydroxylation is 3. The maximum absolute atomic E-state index is 12.8. The number of nitrogens with zero attached hydrogens (tertiary/aromatic N) is 4. The lowest BCUT2D eigenvalue weighted by atomic mass is 10.0. The fraction of sp³-hybridized carbons (Fsp3) is 0.353. The van der Waals surface area contributed by atoms with Crippen LogP contribution in [0, 0.1) is 32.1 Å². The summed E-state index contributed by atoms with van der Waals surface area (Å²) in [5.41, 5.74) is 5.35. The van der Waals surface area contributed by atoms with Gasteiger partial charge in [0.2, 0.25) is 0 Å². The maximum Gasteiger partial charge on any atom is 0.256 e. The smallest absolute Gasteiger partial charge is 0.256 e. The summed E-state index contributed by atoms with van der Waals surface area (Å²) in [7, 11) is 1.89. The Balaban J connectivity index is 2.04. The first-order valence-electron chi connectivity index (χ1n) is 7.25. The average Bonchev–Trinajstić information content (AvgIpc) is 2.89. The highest BCUT2D eigenvalue weighted by Gasteiger charge is 2.38. The van der Waals surface area contributed by atoms with Crippen LogP contribution in [0.1, 0.15) is 44.5 Å². The standard InChI is InChI=1S/C17H18N4O/c1-10-6-5-7-13-15(8-18)21(17(22)16(10)13)9-14-11(2)19-20(4)12(14)3/h5-7,15H,9H2,1-4H3. The van der Waals surface area contributed by atoms with Crippen LogP contribution in [0.2, 0.25) is 0 Å². The molecule has 1 aromatic carbocycles. The van der Waals surface area contributed by atoms with Crippen molar-refractivity contribution in [1.82, 2.24) is 14.7 Å². The first kappa shape index (κ1) is 14.3. The van der Waals surface area contributed by atoms with Gasteiger partial charge < -0.3 is 4.90 Å². The fourth-order valence-corrected chi connectivity index (χ4v) is 3.16. The van der Waals surface area contributed by atoms with Crippen LogP contribution in [0.5, 0.6) is 0 Å². The molecule has 0 N–H and O–H groups in total. The van der Waals surface area contributed by atoms with Gasteiger partial charge >= 0.3 is 0 Å². The Bertz CT molecular complexity index is 813. The third kappa shape index (κ3) is 1.92. The summed E-state index contributed by atoms with van der Waals surface area (Å²) in [5.74, 6) is -0.0673. The highest BCUT2D eigenvalue weighted by Crippen LogP contribution is 2.36. The Morgan fingerprint density at radius 2 is 2.05 bits per heavy atom. The van der Waals surface area contributed by atoms with E-state index in [0.29, 0.717) is 12.1 Å². The predicted octanol–water partition coefficient (Wildman–Crippen LogP) is 2.57. The third-order valence-electron chi connectivity index (χ3n) is 4.50. The van der Waals surface area contributed by atoms with Crippen LogP contribution in [-0.4, -0.2) is 20.6 Å². The van der Waals surface area contributed by atoms with E-state index < -0.39 is 6.04 Å². The average molecular weight is 294 g/mol. The summed E-state index contributed by atoms with van der Waals surface area (Å²) in [4.78, 5) is 14.4. The molecule has 1 aromatic heterocycles. The largest absolute Gasteiger partial charge is 0.314 e. The number of hydrogen-bond donors (Lipinski definition) is 0. The molecular weight excluding hydrogens is 276 g/mol. The number of carbonyl (C=O) groups is 1. The number of aromatic nitrogens is 2. The Hall–Kier alpha value is -2.61. The van der Waals surface area contributed by atoms with E-state index in [-0.39, 0.29) is 5.91 Å². The molecule has 1 atom stereocenters. The van der Waals surface area contributed by atoms with Gasteiger partial charge in [-0.05, 0) is 26.3 Å². The van der Waals surface area contributed by atoms with Gasteiger partial charge in [0.05, 0.1) is 18.3 Å². The van der Waals surface area contributed by atoms with Crippen molar-refractivity contribution in [1.29, 1.82) is 5.26 Å². The van der Waals surface area contributed by atoms with Crippen molar-refractivity contribution < 1.29 is 4.79 Å². The first-order valence-corrected chi connectivity index (χ1v) is 7.25. The predicted molar refractivity (Wildman–Crippen MR) is 82.1 cm³/mol. The van der Waals surface area contributed by atoms with Gasteiger partial charge in [-0.15, -0.1) is 0 Å². The lowest BCUT2D eigenvalue weighted by Gasteiger charge is -2.20. The molecule has 5 nitrogen and oxygen atoms in total. The highest BCUT2D eigenvalue weighted by molar-refractivity contribution is 6.01. The molecule has 22 heavy (non-hydrogen) atoms. The molecule has 5 heteroatoms. The van der Waals surface area contributed by atoms with Crippen LogP contribution in [0.15, 0.2) is 18.2 Å². The zero-order valence-corrected chi connectivity index (χ0v) is 13.2. The van der Waals surface area contributed by atoms with Crippen LogP contribution in [0.25, 0.3) is 0 Å². The lowest BCUT2D eigenvalue weighted by molar-refractivity contribution is 0.0743. The third-order valence-corrected chi connectivity index (χ3v) is 4.50. The molecule has 0 radical (unpaired) electrons. The van der Waals surface area contributed by atoms with Crippen molar-refractivity contribution in [2.75, 3.05) is 0 Å². The lowest BCUT2D eigenvalue weighted by Crippen LogP contribution is -2.27. The molecular formula is C17H18N4O. The van der Waals surface area contributed by atoms with Gasteiger partial charge in [-0.1, -0.05) is 18.2 Å². The molecule has 1 unspecified atom stereocenters. The van der Waals surface area contributed by atoms with Gasteiger partial charge in [0.1, 0.15) is 6.04 Å². The van der Waals surface area contributed by atoms with E-state index in [4.69, 9.17) is 0 Å². The Morgan fingerprint density at radius 3 is 2.64 bits per heavy atom. The Kier molecular flexibility index (Phi) is 3.25. The number of nitriles is 1. The minimum atomic E-state index is -0.526. The van der Waals surface area contributed by atoms with E-state index in [2.05, 4.69) is 11.2 Å². The summed E-state index contributed by atoms with van der Waals surface area (Å²) in [5, 5.41) is 13.9. The van der Waals surface area contributed by atoms with Crippen LogP contribution in [0.3, 0.4) is 0 Å². The molecule has 112 valence electrons. The molecule has 0 fully saturated rings. The monoisotopic (exact) mass is 294 g/mol. The Labute approximate surface area is 129 Å². The van der Waals surface area contributed by atoms with E-state index in [9.17, 15) is 10.1 Å². The summed E-state index contributed by atoms with van der Waals surface area (Å²) >= 11 is 0. The van der Waals surface area contributed by atoms with E-state index in [1.54, 1.807) is 4.90 Å². The SMILES string of the molecule is Cc1cccc2c1C(=O)N(Cc1c(C)nn(C)c1C)C2C#N. The van der Waals surface area contributed by atoms with Crippen molar-refractivity contribution in [2.45, 2.75) is 33.4 Å². The summed E-state index contributed by atoms with van der Waals surface area (Å²) < 4.78 is 1.81. The summed E-state index contributed by atoms with van der Waals surface area (Å²) in [6.07, 6.45) is 0. The molecule has 2 heterocycles. The molecule has 0 aliphatic carbocycles. The summed E-state index contributed by atoms with van der Waals surface area (Å²) in [6, 6.07) is 7.43. The van der Waals surface area contributed by atoms with Crippen LogP contribution >= 0.6 is 0 Å². The van der Waals surface area contributed by atoms with Crippen molar-refractivity contribution in [3.63, 3.8) is 0 Å². The summed E-state index contributed by atoms with van der Waals surface area (Å²) in [6.45, 7) is 6.24. The number of hydrogen-bond acceptors (Lipinski definition) is 3. The topological polar surface area (TPSA) is 61.9 Å². The second-order valence-corrected chi connectivity index (χ2v) is 5.78. The van der Waals surface area contributed by atoms with Crippen molar-refractivity contribution in [2.24, 2.45) is 7.05 Å². The van der Waals surface area contributed by atoms with Gasteiger partial charge in [0, 0.05) is 29.4 Å². The molecule has 3 rings (SSSR count). The van der Waals surface area contributed by atoms with Crippen molar-refractivity contribution >= 4 is 5.91 Å². The highest BCUT2D eigenvalue weighted by atomic mass is 16.2. The Morgan fingerprint density at radius 1 is 1.32 bits per heavy atom. The van der Waals surface area contributed by atoms with Crippen molar-refractivity contribution in [3.05, 3.63) is 51.8 Å². The fourth-order valence-electron chi connectivity index (χ4n) is 3.16. The van der Waals surface area contributed by atoms with E-state index in [1.807, 2.05) is 50.7 Å². The number of amides is 1. The number of carbonyl (C=O) groups excluding carboxylic acids is 1.